The average Bonchev–Trinajstić information content (AvgIpc) is 3.08. The van der Waals surface area contributed by atoms with E-state index >= 15 is 0 Å². The van der Waals surface area contributed by atoms with E-state index in [4.69, 9.17) is 0 Å². The first-order valence-electron chi connectivity index (χ1n) is 8.42. The maximum Gasteiger partial charge on any atom is 0.216 e. The molecular formula is C18H26N4O2S2. The molecule has 0 unspecified atom stereocenters. The van der Waals surface area contributed by atoms with E-state index < -0.39 is 10.0 Å². The van der Waals surface area contributed by atoms with Crippen molar-refractivity contribution in [3.63, 3.8) is 0 Å². The van der Waals surface area contributed by atoms with E-state index in [9.17, 15) is 8.42 Å². The zero-order valence-electron chi connectivity index (χ0n) is 15.3. The van der Waals surface area contributed by atoms with Crippen molar-refractivity contribution >= 4 is 27.3 Å². The van der Waals surface area contributed by atoms with Crippen LogP contribution in [0.2, 0.25) is 0 Å². The Hall–Kier alpha value is -1.90. The number of aliphatic imine (C=N–C) groups is 1. The normalized spacial score (nSPS) is 12.4. The molecule has 0 aliphatic rings. The number of benzene rings is 1. The lowest BCUT2D eigenvalue weighted by Gasteiger charge is -2.12. The highest BCUT2D eigenvalue weighted by molar-refractivity contribution is 7.88. The highest BCUT2D eigenvalue weighted by atomic mass is 32.2. The first kappa shape index (κ1) is 20.4. The second-order valence-corrected chi connectivity index (χ2v) is 8.99. The summed E-state index contributed by atoms with van der Waals surface area (Å²) in [6.07, 6.45) is 0. The first-order chi connectivity index (χ1) is 12.4. The van der Waals surface area contributed by atoms with Crippen LogP contribution in [0.1, 0.15) is 29.9 Å². The van der Waals surface area contributed by atoms with Crippen LogP contribution in [0.25, 0.3) is 0 Å². The molecule has 0 saturated carbocycles. The molecule has 0 aliphatic heterocycles. The minimum Gasteiger partial charge on any atom is -0.352 e. The van der Waals surface area contributed by atoms with Gasteiger partial charge in [-0.05, 0) is 36.4 Å². The van der Waals surface area contributed by atoms with Crippen molar-refractivity contribution in [2.75, 3.05) is 7.05 Å². The molecule has 8 heteroatoms. The molecular weight excluding hydrogens is 368 g/mol. The summed E-state index contributed by atoms with van der Waals surface area (Å²) in [7, 11) is -1.56. The Labute approximate surface area is 159 Å². The van der Waals surface area contributed by atoms with Crippen molar-refractivity contribution in [1.29, 1.82) is 0 Å². The first-order valence-corrected chi connectivity index (χ1v) is 11.0. The van der Waals surface area contributed by atoms with Gasteiger partial charge in [-0.15, -0.1) is 11.3 Å². The van der Waals surface area contributed by atoms with Crippen LogP contribution in [0.5, 0.6) is 0 Å². The van der Waals surface area contributed by atoms with Gasteiger partial charge in [-0.3, -0.25) is 4.99 Å². The molecule has 0 radical (unpaired) electrons. The number of nitrogens with zero attached hydrogens (tertiary/aromatic N) is 1. The summed E-state index contributed by atoms with van der Waals surface area (Å²) in [6, 6.07) is 11.6. The van der Waals surface area contributed by atoms with Gasteiger partial charge in [0.25, 0.3) is 0 Å². The number of rotatable bonds is 8. The van der Waals surface area contributed by atoms with Gasteiger partial charge in [-0.25, -0.2) is 13.1 Å². The maximum absolute atomic E-state index is 12.0. The lowest BCUT2D eigenvalue weighted by Crippen LogP contribution is -2.36. The van der Waals surface area contributed by atoms with Crippen molar-refractivity contribution < 1.29 is 8.42 Å². The van der Waals surface area contributed by atoms with Crippen molar-refractivity contribution in [1.82, 2.24) is 15.4 Å². The van der Waals surface area contributed by atoms with Gasteiger partial charge in [0.05, 0.1) is 12.3 Å². The largest absolute Gasteiger partial charge is 0.352 e. The van der Waals surface area contributed by atoms with Crippen molar-refractivity contribution in [2.24, 2.45) is 4.99 Å². The maximum atomic E-state index is 12.0. The number of sulfonamides is 1. The Morgan fingerprint density at radius 3 is 2.31 bits per heavy atom. The van der Waals surface area contributed by atoms with Gasteiger partial charge in [0, 0.05) is 24.5 Å². The SMILES string of the molecule is CN=C(NCc1ccc(CS(=O)(=O)NC(C)C)cc1)NCc1cccs1. The number of hydrogen-bond acceptors (Lipinski definition) is 4. The topological polar surface area (TPSA) is 82.6 Å². The molecule has 2 aromatic rings. The lowest BCUT2D eigenvalue weighted by atomic mass is 10.1. The molecule has 0 bridgehead atoms. The predicted octanol–water partition coefficient (Wildman–Crippen LogP) is 2.44. The zero-order valence-corrected chi connectivity index (χ0v) is 17.0. The molecule has 142 valence electrons. The highest BCUT2D eigenvalue weighted by Crippen LogP contribution is 2.09. The monoisotopic (exact) mass is 394 g/mol. The third kappa shape index (κ3) is 7.15. The van der Waals surface area contributed by atoms with Crippen molar-refractivity contribution in [2.45, 2.75) is 38.7 Å². The van der Waals surface area contributed by atoms with Gasteiger partial charge in [-0.2, -0.15) is 0 Å². The summed E-state index contributed by atoms with van der Waals surface area (Å²) in [6.45, 7) is 4.97. The Morgan fingerprint density at radius 2 is 1.73 bits per heavy atom. The minimum atomic E-state index is -3.30. The fourth-order valence-corrected chi connectivity index (χ4v) is 4.44. The Bertz CT molecular complexity index is 798. The van der Waals surface area contributed by atoms with Crippen molar-refractivity contribution in [3.05, 3.63) is 57.8 Å². The Morgan fingerprint density at radius 1 is 1.08 bits per heavy atom. The summed E-state index contributed by atoms with van der Waals surface area (Å²) in [5, 5.41) is 8.57. The molecule has 0 atom stereocenters. The van der Waals surface area contributed by atoms with Crippen LogP contribution in [-0.2, 0) is 28.9 Å². The summed E-state index contributed by atoms with van der Waals surface area (Å²) in [4.78, 5) is 5.45. The van der Waals surface area contributed by atoms with Crippen molar-refractivity contribution in [3.8, 4) is 0 Å². The molecule has 2 rings (SSSR count). The molecule has 0 spiro atoms. The third-order valence-corrected chi connectivity index (χ3v) is 5.91. The molecule has 6 nitrogen and oxygen atoms in total. The molecule has 0 saturated heterocycles. The predicted molar refractivity (Wildman–Crippen MR) is 109 cm³/mol. The molecule has 26 heavy (non-hydrogen) atoms. The van der Waals surface area contributed by atoms with E-state index in [1.807, 2.05) is 49.6 Å². The van der Waals surface area contributed by atoms with Crippen LogP contribution in [0, 0.1) is 0 Å². The van der Waals surface area contributed by atoms with Crippen LogP contribution in [0.3, 0.4) is 0 Å². The summed E-state index contributed by atoms with van der Waals surface area (Å²) < 4.78 is 26.5. The van der Waals surface area contributed by atoms with Crippen LogP contribution < -0.4 is 15.4 Å². The quantitative estimate of drug-likeness (QED) is 0.474. The summed E-state index contributed by atoms with van der Waals surface area (Å²) in [5.41, 5.74) is 1.82. The average molecular weight is 395 g/mol. The molecule has 0 aliphatic carbocycles. The highest BCUT2D eigenvalue weighted by Gasteiger charge is 2.12. The second-order valence-electron chi connectivity index (χ2n) is 6.21. The number of hydrogen-bond donors (Lipinski definition) is 3. The Balaban J connectivity index is 1.84. The van der Waals surface area contributed by atoms with E-state index in [1.54, 1.807) is 18.4 Å². The van der Waals surface area contributed by atoms with E-state index in [0.717, 1.165) is 23.6 Å². The summed E-state index contributed by atoms with van der Waals surface area (Å²) in [5.74, 6) is 0.717. The number of thiophene rings is 1. The van der Waals surface area contributed by atoms with E-state index in [2.05, 4.69) is 26.4 Å². The minimum absolute atomic E-state index is 0.0110. The zero-order chi connectivity index (χ0) is 19.0. The van der Waals surface area contributed by atoms with Crippen LogP contribution in [0.4, 0.5) is 0 Å². The van der Waals surface area contributed by atoms with E-state index in [1.165, 1.54) is 4.88 Å². The lowest BCUT2D eigenvalue weighted by molar-refractivity contribution is 0.569. The van der Waals surface area contributed by atoms with Gasteiger partial charge in [0.1, 0.15) is 0 Å². The van der Waals surface area contributed by atoms with E-state index in [0.29, 0.717) is 6.54 Å². The molecule has 1 heterocycles. The molecule has 3 N–H and O–H groups in total. The van der Waals surface area contributed by atoms with Crippen LogP contribution in [0.15, 0.2) is 46.8 Å². The van der Waals surface area contributed by atoms with Gasteiger partial charge >= 0.3 is 0 Å². The van der Waals surface area contributed by atoms with Gasteiger partial charge in [0.2, 0.25) is 10.0 Å². The standard InChI is InChI=1S/C18H26N4O2S2/c1-14(2)22-26(23,24)13-16-8-6-15(7-9-16)11-20-18(19-3)21-12-17-5-4-10-25-17/h4-10,14,22H,11-13H2,1-3H3,(H2,19,20,21). The summed E-state index contributed by atoms with van der Waals surface area (Å²) >= 11 is 1.70. The van der Waals surface area contributed by atoms with Gasteiger partial charge in [0.15, 0.2) is 5.96 Å². The number of nitrogens with one attached hydrogen (secondary N) is 3. The van der Waals surface area contributed by atoms with Crippen LogP contribution >= 0.6 is 11.3 Å². The fraction of sp³-hybridized carbons (Fsp3) is 0.389. The second kappa shape index (κ2) is 9.70. The molecule has 1 aromatic heterocycles. The fourth-order valence-electron chi connectivity index (χ4n) is 2.36. The molecule has 0 fully saturated rings. The Kier molecular flexibility index (Phi) is 7.62. The van der Waals surface area contributed by atoms with Gasteiger partial charge < -0.3 is 10.6 Å². The third-order valence-electron chi connectivity index (χ3n) is 3.49. The molecule has 0 amide bonds. The van der Waals surface area contributed by atoms with Crippen LogP contribution in [-0.4, -0.2) is 27.5 Å². The number of guanidine groups is 1. The smallest absolute Gasteiger partial charge is 0.216 e. The molecule has 1 aromatic carbocycles. The van der Waals surface area contributed by atoms with E-state index in [-0.39, 0.29) is 11.8 Å². The van der Waals surface area contributed by atoms with Gasteiger partial charge in [-0.1, -0.05) is 30.3 Å².